The highest BCUT2D eigenvalue weighted by Gasteiger charge is 2.37. The molecule has 3 heterocycles. The second kappa shape index (κ2) is 7.79. The molecular formula is C23H24N6O2. The summed E-state index contributed by atoms with van der Waals surface area (Å²) in [5, 5.41) is 4.24. The summed E-state index contributed by atoms with van der Waals surface area (Å²) in [6.45, 7) is 8.11. The van der Waals surface area contributed by atoms with Crippen LogP contribution < -0.4 is 11.3 Å². The fourth-order valence-electron chi connectivity index (χ4n) is 3.50. The topological polar surface area (TPSA) is 124 Å². The highest BCUT2D eigenvalue weighted by Crippen LogP contribution is 2.38. The molecule has 1 atom stereocenters. The van der Waals surface area contributed by atoms with E-state index in [1.165, 1.54) is 0 Å². The SMILES string of the molecule is Cc1ccc(-c2nc(C(C)(c3ccc(-c4cnc(N)nc4)cc3)C(C)C)no2)c(=O)[nH]1. The Bertz CT molecular complexity index is 1260. The molecule has 8 nitrogen and oxygen atoms in total. The van der Waals surface area contributed by atoms with Crippen LogP contribution in [-0.2, 0) is 5.41 Å². The van der Waals surface area contributed by atoms with Crippen molar-refractivity contribution in [2.75, 3.05) is 5.73 Å². The number of hydrogen-bond acceptors (Lipinski definition) is 7. The van der Waals surface area contributed by atoms with E-state index in [1.54, 1.807) is 18.5 Å². The molecule has 0 saturated heterocycles. The van der Waals surface area contributed by atoms with Gasteiger partial charge < -0.3 is 15.2 Å². The molecule has 0 aliphatic rings. The first-order valence-corrected chi connectivity index (χ1v) is 10.0. The number of rotatable bonds is 5. The van der Waals surface area contributed by atoms with Crippen molar-refractivity contribution >= 4 is 5.95 Å². The van der Waals surface area contributed by atoms with Crippen molar-refractivity contribution in [1.29, 1.82) is 0 Å². The average molecular weight is 416 g/mol. The van der Waals surface area contributed by atoms with Crippen LogP contribution in [0, 0.1) is 12.8 Å². The van der Waals surface area contributed by atoms with Crippen molar-refractivity contribution < 1.29 is 4.52 Å². The number of nitrogens with one attached hydrogen (secondary N) is 1. The zero-order valence-corrected chi connectivity index (χ0v) is 17.9. The highest BCUT2D eigenvalue weighted by molar-refractivity contribution is 5.62. The van der Waals surface area contributed by atoms with Crippen LogP contribution in [0.5, 0.6) is 0 Å². The van der Waals surface area contributed by atoms with Gasteiger partial charge in [0.05, 0.1) is 5.41 Å². The molecule has 0 aliphatic heterocycles. The molecule has 0 radical (unpaired) electrons. The first-order chi connectivity index (χ1) is 14.8. The van der Waals surface area contributed by atoms with E-state index in [-0.39, 0.29) is 23.3 Å². The highest BCUT2D eigenvalue weighted by atomic mass is 16.5. The Morgan fingerprint density at radius 1 is 1.03 bits per heavy atom. The lowest BCUT2D eigenvalue weighted by atomic mass is 9.72. The monoisotopic (exact) mass is 416 g/mol. The van der Waals surface area contributed by atoms with Crippen LogP contribution in [0.2, 0.25) is 0 Å². The summed E-state index contributed by atoms with van der Waals surface area (Å²) in [5.41, 5.74) is 8.83. The van der Waals surface area contributed by atoms with E-state index in [0.717, 1.165) is 22.4 Å². The molecule has 1 unspecified atom stereocenters. The Morgan fingerprint density at radius 2 is 1.71 bits per heavy atom. The van der Waals surface area contributed by atoms with Gasteiger partial charge in [0.15, 0.2) is 5.82 Å². The number of benzene rings is 1. The van der Waals surface area contributed by atoms with Crippen molar-refractivity contribution in [2.45, 2.75) is 33.1 Å². The minimum absolute atomic E-state index is 0.167. The molecule has 0 amide bonds. The number of aryl methyl sites for hydroxylation is 1. The summed E-state index contributed by atoms with van der Waals surface area (Å²) >= 11 is 0. The van der Waals surface area contributed by atoms with E-state index < -0.39 is 5.41 Å². The largest absolute Gasteiger partial charge is 0.368 e. The summed E-state index contributed by atoms with van der Waals surface area (Å²) in [5.74, 6) is 1.15. The van der Waals surface area contributed by atoms with Gasteiger partial charge in [0.1, 0.15) is 5.56 Å². The van der Waals surface area contributed by atoms with Gasteiger partial charge in [-0.15, -0.1) is 0 Å². The molecule has 4 aromatic rings. The Morgan fingerprint density at radius 3 is 2.32 bits per heavy atom. The minimum Gasteiger partial charge on any atom is -0.368 e. The van der Waals surface area contributed by atoms with Crippen molar-refractivity contribution in [2.24, 2.45) is 5.92 Å². The summed E-state index contributed by atoms with van der Waals surface area (Å²) < 4.78 is 5.48. The summed E-state index contributed by atoms with van der Waals surface area (Å²) in [7, 11) is 0. The van der Waals surface area contributed by atoms with Gasteiger partial charge in [-0.1, -0.05) is 43.3 Å². The van der Waals surface area contributed by atoms with Gasteiger partial charge in [0, 0.05) is 23.7 Å². The Hall–Kier alpha value is -3.81. The predicted octanol–water partition coefficient (Wildman–Crippen LogP) is 3.73. The third-order valence-electron chi connectivity index (χ3n) is 5.82. The number of aromatic nitrogens is 5. The third-order valence-corrected chi connectivity index (χ3v) is 5.82. The molecule has 0 saturated carbocycles. The van der Waals surface area contributed by atoms with E-state index >= 15 is 0 Å². The second-order valence-electron chi connectivity index (χ2n) is 8.07. The molecule has 0 fully saturated rings. The van der Waals surface area contributed by atoms with Crippen molar-refractivity contribution in [1.82, 2.24) is 25.1 Å². The van der Waals surface area contributed by atoms with Gasteiger partial charge >= 0.3 is 0 Å². The van der Waals surface area contributed by atoms with E-state index in [9.17, 15) is 4.79 Å². The maximum atomic E-state index is 12.3. The second-order valence-corrected chi connectivity index (χ2v) is 8.07. The average Bonchev–Trinajstić information content (AvgIpc) is 3.24. The molecule has 158 valence electrons. The lowest BCUT2D eigenvalue weighted by Crippen LogP contribution is -2.31. The molecule has 1 aromatic carbocycles. The van der Waals surface area contributed by atoms with Gasteiger partial charge in [-0.25, -0.2) is 9.97 Å². The molecular weight excluding hydrogens is 392 g/mol. The lowest BCUT2D eigenvalue weighted by Gasteiger charge is -2.31. The molecule has 3 aromatic heterocycles. The normalized spacial score (nSPS) is 13.3. The van der Waals surface area contributed by atoms with E-state index in [1.807, 2.05) is 37.3 Å². The van der Waals surface area contributed by atoms with Crippen LogP contribution in [0.3, 0.4) is 0 Å². The van der Waals surface area contributed by atoms with Crippen molar-refractivity contribution in [3.8, 4) is 22.6 Å². The lowest BCUT2D eigenvalue weighted by molar-refractivity contribution is 0.350. The van der Waals surface area contributed by atoms with Gasteiger partial charge in [-0.05, 0) is 43.0 Å². The molecule has 0 aliphatic carbocycles. The number of nitrogens with zero attached hydrogens (tertiary/aromatic N) is 4. The molecule has 3 N–H and O–H groups in total. The molecule has 0 bridgehead atoms. The van der Waals surface area contributed by atoms with Crippen LogP contribution in [0.25, 0.3) is 22.6 Å². The number of hydrogen-bond donors (Lipinski definition) is 2. The standard InChI is InChI=1S/C23H24N6O2/c1-13(2)23(4,17-8-6-15(7-9-17)16-11-25-22(24)26-12-16)21-28-20(31-29-21)18-10-5-14(3)27-19(18)30/h5-13H,1-4H3,(H,27,30)(H2,24,25,26). The molecule has 31 heavy (non-hydrogen) atoms. The zero-order chi connectivity index (χ0) is 22.2. The van der Waals surface area contributed by atoms with Gasteiger partial charge in [-0.2, -0.15) is 4.98 Å². The number of aromatic amines is 1. The van der Waals surface area contributed by atoms with Crippen LogP contribution in [0.15, 0.2) is 58.1 Å². The van der Waals surface area contributed by atoms with E-state index in [0.29, 0.717) is 11.4 Å². The Labute approximate surface area is 179 Å². The summed E-state index contributed by atoms with van der Waals surface area (Å²) in [6, 6.07) is 11.6. The summed E-state index contributed by atoms with van der Waals surface area (Å²) in [4.78, 5) is 27.8. The number of nitrogens with two attached hydrogens (primary N) is 1. The smallest absolute Gasteiger partial charge is 0.263 e. The fraction of sp³-hybridized carbons (Fsp3) is 0.261. The number of anilines is 1. The maximum absolute atomic E-state index is 12.3. The van der Waals surface area contributed by atoms with Crippen LogP contribution >= 0.6 is 0 Å². The number of H-pyrrole nitrogens is 1. The van der Waals surface area contributed by atoms with Gasteiger partial charge in [-0.3, -0.25) is 4.79 Å². The number of pyridine rings is 1. The summed E-state index contributed by atoms with van der Waals surface area (Å²) in [6.07, 6.45) is 3.40. The fourth-order valence-corrected chi connectivity index (χ4v) is 3.50. The first kappa shape index (κ1) is 20.5. The van der Waals surface area contributed by atoms with Crippen molar-refractivity contribution in [3.05, 3.63) is 76.2 Å². The van der Waals surface area contributed by atoms with Crippen LogP contribution in [-0.4, -0.2) is 25.1 Å². The Kier molecular flexibility index (Phi) is 5.14. The molecule has 4 rings (SSSR count). The van der Waals surface area contributed by atoms with E-state index in [2.05, 4.69) is 45.9 Å². The Balaban J connectivity index is 1.72. The first-order valence-electron chi connectivity index (χ1n) is 10.0. The van der Waals surface area contributed by atoms with Gasteiger partial charge in [0.2, 0.25) is 5.95 Å². The number of nitrogen functional groups attached to an aromatic ring is 1. The maximum Gasteiger partial charge on any atom is 0.263 e. The third kappa shape index (κ3) is 3.72. The molecule has 0 spiro atoms. The molecule has 8 heteroatoms. The van der Waals surface area contributed by atoms with Crippen molar-refractivity contribution in [3.63, 3.8) is 0 Å². The van der Waals surface area contributed by atoms with Crippen LogP contribution in [0.1, 0.15) is 37.9 Å². The van der Waals surface area contributed by atoms with E-state index in [4.69, 9.17) is 10.3 Å². The predicted molar refractivity (Wildman–Crippen MR) is 118 cm³/mol. The minimum atomic E-state index is -0.518. The quantitative estimate of drug-likeness (QED) is 0.508. The van der Waals surface area contributed by atoms with Crippen LogP contribution in [0.4, 0.5) is 5.95 Å². The zero-order valence-electron chi connectivity index (χ0n) is 17.9. The van der Waals surface area contributed by atoms with Gasteiger partial charge in [0.25, 0.3) is 11.4 Å².